The van der Waals surface area contributed by atoms with Crippen molar-refractivity contribution in [3.05, 3.63) is 24.3 Å². The van der Waals surface area contributed by atoms with Crippen LogP contribution in [-0.2, 0) is 14.8 Å². The topological polar surface area (TPSA) is 67.4 Å². The van der Waals surface area contributed by atoms with E-state index in [1.807, 2.05) is 12.1 Å². The Bertz CT molecular complexity index is 642. The lowest BCUT2D eigenvalue weighted by Crippen LogP contribution is -2.32. The maximum absolute atomic E-state index is 12.5. The molecule has 6 heteroatoms. The highest BCUT2D eigenvalue weighted by Crippen LogP contribution is 2.37. The minimum absolute atomic E-state index is 0.119. The van der Waals surface area contributed by atoms with Crippen LogP contribution < -0.4 is 10.0 Å². The van der Waals surface area contributed by atoms with Crippen molar-refractivity contribution in [3.63, 3.8) is 0 Å². The van der Waals surface area contributed by atoms with Crippen molar-refractivity contribution in [2.45, 2.75) is 61.3 Å². The van der Waals surface area contributed by atoms with E-state index in [0.29, 0.717) is 16.7 Å². The van der Waals surface area contributed by atoms with Gasteiger partial charge in [0.25, 0.3) is 0 Å². The largest absolute Gasteiger partial charge is 0.379 e. The molecule has 2 heterocycles. The summed E-state index contributed by atoms with van der Waals surface area (Å²) in [6, 6.07) is 7.49. The molecule has 2 saturated heterocycles. The van der Waals surface area contributed by atoms with E-state index in [-0.39, 0.29) is 18.2 Å². The van der Waals surface area contributed by atoms with Crippen LogP contribution in [0.1, 0.15) is 32.1 Å². The Morgan fingerprint density at radius 2 is 1.90 bits per heavy atom. The van der Waals surface area contributed by atoms with Gasteiger partial charge in [-0.15, -0.1) is 0 Å². The van der Waals surface area contributed by atoms with Gasteiger partial charge in [-0.05, 0) is 44.2 Å². The third kappa shape index (κ3) is 2.67. The molecule has 1 aliphatic carbocycles. The van der Waals surface area contributed by atoms with E-state index in [4.69, 9.17) is 4.74 Å². The Hall–Kier alpha value is -1.11. The molecule has 1 saturated carbocycles. The molecule has 3 fully saturated rings. The molecule has 3 aliphatic rings. The van der Waals surface area contributed by atoms with Crippen LogP contribution >= 0.6 is 0 Å². The van der Waals surface area contributed by atoms with E-state index in [2.05, 4.69) is 10.0 Å². The molecule has 0 radical (unpaired) electrons. The summed E-state index contributed by atoms with van der Waals surface area (Å²) in [5, 5.41) is 3.40. The molecule has 5 nitrogen and oxygen atoms in total. The van der Waals surface area contributed by atoms with Crippen LogP contribution in [0.15, 0.2) is 29.2 Å². The van der Waals surface area contributed by atoms with Gasteiger partial charge in [0.15, 0.2) is 0 Å². The van der Waals surface area contributed by atoms with E-state index in [1.165, 1.54) is 0 Å². The monoisotopic (exact) mass is 308 g/mol. The first-order valence-corrected chi connectivity index (χ1v) is 9.13. The summed E-state index contributed by atoms with van der Waals surface area (Å²) in [7, 11) is -3.44. The molecule has 21 heavy (non-hydrogen) atoms. The minimum Gasteiger partial charge on any atom is -0.379 e. The molecule has 0 amide bonds. The maximum atomic E-state index is 12.5. The highest BCUT2D eigenvalue weighted by molar-refractivity contribution is 7.89. The second-order valence-corrected chi connectivity index (χ2v) is 7.93. The molecule has 114 valence electrons. The van der Waals surface area contributed by atoms with Crippen molar-refractivity contribution in [2.24, 2.45) is 0 Å². The molecule has 0 spiro atoms. The van der Waals surface area contributed by atoms with Crippen molar-refractivity contribution in [3.8, 4) is 0 Å². The summed E-state index contributed by atoms with van der Waals surface area (Å²) in [5.41, 5.74) is 0.687. The second-order valence-electron chi connectivity index (χ2n) is 6.25. The third-order valence-corrected chi connectivity index (χ3v) is 6.10. The molecular formula is C15H20N2O3S. The van der Waals surface area contributed by atoms with Crippen LogP contribution in [-0.4, -0.2) is 32.7 Å². The summed E-state index contributed by atoms with van der Waals surface area (Å²) >= 11 is 0. The fourth-order valence-electron chi connectivity index (χ4n) is 3.29. The Labute approximate surface area is 125 Å². The number of para-hydroxylation sites is 1. The third-order valence-electron chi connectivity index (χ3n) is 4.52. The number of anilines is 1. The van der Waals surface area contributed by atoms with Crippen molar-refractivity contribution in [2.75, 3.05) is 5.32 Å². The van der Waals surface area contributed by atoms with Crippen LogP contribution in [0.5, 0.6) is 0 Å². The van der Waals surface area contributed by atoms with E-state index < -0.39 is 10.0 Å². The quantitative estimate of drug-likeness (QED) is 0.871. The smallest absolute Gasteiger partial charge is 0.242 e. The highest BCUT2D eigenvalue weighted by atomic mass is 32.2. The normalized spacial score (nSPS) is 31.5. The number of rotatable bonds is 5. The molecule has 1 aromatic rings. The van der Waals surface area contributed by atoms with Crippen LogP contribution in [0.2, 0.25) is 0 Å². The second kappa shape index (κ2) is 4.97. The highest BCUT2D eigenvalue weighted by Gasteiger charge is 2.41. The van der Waals surface area contributed by atoms with Gasteiger partial charge >= 0.3 is 0 Å². The number of nitrogens with one attached hydrogen (secondary N) is 2. The van der Waals surface area contributed by atoms with Gasteiger partial charge < -0.3 is 10.1 Å². The summed E-state index contributed by atoms with van der Waals surface area (Å²) in [6.07, 6.45) is 5.62. The van der Waals surface area contributed by atoms with E-state index in [9.17, 15) is 8.42 Å². The number of sulfonamides is 1. The molecule has 0 aromatic heterocycles. The van der Waals surface area contributed by atoms with Crippen LogP contribution in [0, 0.1) is 0 Å². The number of benzene rings is 1. The van der Waals surface area contributed by atoms with Gasteiger partial charge in [0, 0.05) is 6.04 Å². The summed E-state index contributed by atoms with van der Waals surface area (Å²) in [5.74, 6) is 0. The molecule has 1 aromatic carbocycles. The van der Waals surface area contributed by atoms with Crippen LogP contribution in [0.25, 0.3) is 0 Å². The van der Waals surface area contributed by atoms with E-state index >= 15 is 0 Å². The molecule has 2 aliphatic heterocycles. The predicted octanol–water partition coefficient (Wildman–Crippen LogP) is 1.86. The summed E-state index contributed by atoms with van der Waals surface area (Å²) in [6.45, 7) is 0. The Balaban J connectivity index is 1.57. The molecule has 3 atom stereocenters. The van der Waals surface area contributed by atoms with Crippen LogP contribution in [0.4, 0.5) is 5.69 Å². The Morgan fingerprint density at radius 3 is 2.57 bits per heavy atom. The van der Waals surface area contributed by atoms with Crippen molar-refractivity contribution in [1.29, 1.82) is 0 Å². The standard InChI is InChI=1S/C15H20N2O3S/c18-21(19,17-10-5-6-10)15-4-2-1-3-12(15)16-13-9-11-7-8-14(13)20-11/h1-4,10-11,13-14,16-17H,5-9H2. The van der Waals surface area contributed by atoms with Gasteiger partial charge in [-0.2, -0.15) is 0 Å². The Morgan fingerprint density at radius 1 is 1.10 bits per heavy atom. The van der Waals surface area contributed by atoms with Gasteiger partial charge in [-0.3, -0.25) is 0 Å². The lowest BCUT2D eigenvalue weighted by Gasteiger charge is -2.23. The molecule has 2 bridgehead atoms. The average Bonchev–Trinajstić information content (AvgIpc) is 3.01. The maximum Gasteiger partial charge on any atom is 0.242 e. The van der Waals surface area contributed by atoms with Gasteiger partial charge in [-0.25, -0.2) is 13.1 Å². The summed E-state index contributed by atoms with van der Waals surface area (Å²) in [4.78, 5) is 0.347. The molecule has 4 rings (SSSR count). The zero-order chi connectivity index (χ0) is 14.4. The van der Waals surface area contributed by atoms with Crippen molar-refractivity contribution in [1.82, 2.24) is 4.72 Å². The fraction of sp³-hybridized carbons (Fsp3) is 0.600. The molecule has 2 N–H and O–H groups in total. The van der Waals surface area contributed by atoms with Gasteiger partial charge in [0.05, 0.1) is 23.9 Å². The Kier molecular flexibility index (Phi) is 3.20. The average molecular weight is 308 g/mol. The van der Waals surface area contributed by atoms with E-state index in [1.54, 1.807) is 12.1 Å². The van der Waals surface area contributed by atoms with Gasteiger partial charge in [0.2, 0.25) is 10.0 Å². The van der Waals surface area contributed by atoms with Gasteiger partial charge in [0.1, 0.15) is 4.90 Å². The van der Waals surface area contributed by atoms with Gasteiger partial charge in [-0.1, -0.05) is 12.1 Å². The molecular weight excluding hydrogens is 288 g/mol. The fourth-order valence-corrected chi connectivity index (χ4v) is 4.77. The number of hydrogen-bond acceptors (Lipinski definition) is 4. The first-order chi connectivity index (χ1) is 10.1. The number of ether oxygens (including phenoxy) is 1. The van der Waals surface area contributed by atoms with Crippen molar-refractivity contribution < 1.29 is 13.2 Å². The zero-order valence-electron chi connectivity index (χ0n) is 11.8. The predicted molar refractivity (Wildman–Crippen MR) is 79.7 cm³/mol. The number of hydrogen-bond donors (Lipinski definition) is 2. The number of fused-ring (bicyclic) bond motifs is 2. The molecule has 3 unspecified atom stereocenters. The minimum atomic E-state index is -3.44. The van der Waals surface area contributed by atoms with E-state index in [0.717, 1.165) is 32.1 Å². The first-order valence-electron chi connectivity index (χ1n) is 7.65. The lowest BCUT2D eigenvalue weighted by atomic mass is 9.95. The lowest BCUT2D eigenvalue weighted by molar-refractivity contribution is 0.102. The SMILES string of the molecule is O=S(=O)(NC1CC1)c1ccccc1NC1CC2CCC1O2. The van der Waals surface area contributed by atoms with Crippen molar-refractivity contribution >= 4 is 15.7 Å². The summed E-state index contributed by atoms with van der Waals surface area (Å²) < 4.78 is 33.5. The zero-order valence-corrected chi connectivity index (χ0v) is 12.6. The first kappa shape index (κ1) is 13.5. The van der Waals surface area contributed by atoms with Crippen LogP contribution in [0.3, 0.4) is 0 Å².